The van der Waals surface area contributed by atoms with Crippen molar-refractivity contribution in [3.8, 4) is 0 Å². The first-order chi connectivity index (χ1) is 12.1. The van der Waals surface area contributed by atoms with Gasteiger partial charge in [0.05, 0.1) is 15.9 Å². The van der Waals surface area contributed by atoms with Crippen molar-refractivity contribution in [2.45, 2.75) is 19.4 Å². The van der Waals surface area contributed by atoms with Gasteiger partial charge in [-0.3, -0.25) is 0 Å². The van der Waals surface area contributed by atoms with Gasteiger partial charge in [0.1, 0.15) is 10.8 Å². The Morgan fingerprint density at radius 1 is 1.44 bits per heavy atom. The molecule has 1 amide bonds. The van der Waals surface area contributed by atoms with Crippen molar-refractivity contribution < 1.29 is 9.90 Å². The average molecular weight is 376 g/mol. The Bertz CT molecular complexity index is 924. The van der Waals surface area contributed by atoms with Gasteiger partial charge in [-0.25, -0.2) is 9.78 Å². The van der Waals surface area contributed by atoms with Crippen molar-refractivity contribution in [2.75, 3.05) is 23.7 Å². The Morgan fingerprint density at radius 3 is 3.04 bits per heavy atom. The molecule has 4 rings (SSSR count). The largest absolute Gasteiger partial charge is 0.465 e. The van der Waals surface area contributed by atoms with Crippen molar-refractivity contribution >= 4 is 55.9 Å². The number of nitrogens with one attached hydrogen (secondary N) is 2. The van der Waals surface area contributed by atoms with E-state index in [9.17, 15) is 4.79 Å². The number of carbonyl (C=O) groups is 1. The molecule has 4 heterocycles. The van der Waals surface area contributed by atoms with Gasteiger partial charge in [-0.2, -0.15) is 9.36 Å². The van der Waals surface area contributed by atoms with E-state index in [4.69, 9.17) is 5.11 Å². The molecule has 3 aromatic heterocycles. The van der Waals surface area contributed by atoms with E-state index >= 15 is 0 Å². The maximum atomic E-state index is 11.1. The highest BCUT2D eigenvalue weighted by atomic mass is 32.1. The minimum Gasteiger partial charge on any atom is -0.465 e. The number of thiophene rings is 1. The predicted molar refractivity (Wildman–Crippen MR) is 99.2 cm³/mol. The number of hydrogen-bond donors (Lipinski definition) is 3. The third kappa shape index (κ3) is 3.35. The molecule has 1 fully saturated rings. The summed E-state index contributed by atoms with van der Waals surface area (Å²) in [6.45, 7) is 2.94. The number of nitrogens with zero attached hydrogens (tertiary/aromatic N) is 4. The van der Waals surface area contributed by atoms with Crippen LogP contribution in [0.2, 0.25) is 0 Å². The summed E-state index contributed by atoms with van der Waals surface area (Å²) in [5, 5.41) is 18.5. The molecule has 8 nitrogen and oxygen atoms in total. The number of amides is 1. The maximum absolute atomic E-state index is 11.1. The highest BCUT2D eigenvalue weighted by Gasteiger charge is 2.26. The monoisotopic (exact) mass is 376 g/mol. The van der Waals surface area contributed by atoms with Gasteiger partial charge in [0.25, 0.3) is 0 Å². The number of hydrogen-bond acceptors (Lipinski definition) is 8. The van der Waals surface area contributed by atoms with Crippen LogP contribution in [-0.2, 0) is 0 Å². The molecular formula is C15H16N6O2S2. The lowest BCUT2D eigenvalue weighted by Crippen LogP contribution is -2.30. The third-order valence-corrected chi connectivity index (χ3v) is 5.67. The number of rotatable bonds is 4. The lowest BCUT2D eigenvalue weighted by atomic mass is 10.2. The van der Waals surface area contributed by atoms with Crippen LogP contribution in [0.3, 0.4) is 0 Å². The lowest BCUT2D eigenvalue weighted by Gasteiger charge is -2.15. The van der Waals surface area contributed by atoms with Crippen molar-refractivity contribution in [3.05, 3.63) is 23.2 Å². The van der Waals surface area contributed by atoms with E-state index in [1.807, 2.05) is 24.4 Å². The molecule has 1 unspecified atom stereocenters. The smallest absolute Gasteiger partial charge is 0.407 e. The van der Waals surface area contributed by atoms with Gasteiger partial charge in [0.2, 0.25) is 5.95 Å². The summed E-state index contributed by atoms with van der Waals surface area (Å²) in [4.78, 5) is 21.7. The molecule has 0 saturated carbocycles. The molecule has 130 valence electrons. The SMILES string of the molecule is Cc1cc(Nc2nc(NC3CCN(C(=O)O)C3)c3sccc3n2)sn1. The Morgan fingerprint density at radius 2 is 2.32 bits per heavy atom. The number of aryl methyl sites for hydroxylation is 1. The van der Waals surface area contributed by atoms with Crippen LogP contribution in [0.1, 0.15) is 12.1 Å². The van der Waals surface area contributed by atoms with Crippen molar-refractivity contribution in [3.63, 3.8) is 0 Å². The third-order valence-electron chi connectivity index (χ3n) is 3.97. The van der Waals surface area contributed by atoms with Crippen molar-refractivity contribution in [1.82, 2.24) is 19.2 Å². The van der Waals surface area contributed by atoms with E-state index in [0.29, 0.717) is 19.0 Å². The summed E-state index contributed by atoms with van der Waals surface area (Å²) in [7, 11) is 0. The molecule has 25 heavy (non-hydrogen) atoms. The molecule has 10 heteroatoms. The van der Waals surface area contributed by atoms with Gasteiger partial charge in [0.15, 0.2) is 0 Å². The van der Waals surface area contributed by atoms with Gasteiger partial charge in [-0.15, -0.1) is 11.3 Å². The Kier molecular flexibility index (Phi) is 4.14. The molecule has 1 atom stereocenters. The number of carboxylic acid groups (broad SMARTS) is 1. The van der Waals surface area contributed by atoms with Crippen molar-refractivity contribution in [2.24, 2.45) is 0 Å². The molecule has 1 saturated heterocycles. The number of aromatic nitrogens is 3. The molecule has 3 aromatic rings. The summed E-state index contributed by atoms with van der Waals surface area (Å²) in [5.74, 6) is 1.24. The second-order valence-electron chi connectivity index (χ2n) is 5.85. The zero-order valence-electron chi connectivity index (χ0n) is 13.4. The predicted octanol–water partition coefficient (Wildman–Crippen LogP) is 3.36. The molecule has 0 aromatic carbocycles. The fourth-order valence-corrected chi connectivity index (χ4v) is 4.23. The highest BCUT2D eigenvalue weighted by Crippen LogP contribution is 2.30. The number of likely N-dealkylation sites (tertiary alicyclic amines) is 1. The van der Waals surface area contributed by atoms with Crippen LogP contribution in [0.15, 0.2) is 17.5 Å². The van der Waals surface area contributed by atoms with Crippen molar-refractivity contribution in [1.29, 1.82) is 0 Å². The molecular weight excluding hydrogens is 360 g/mol. The van der Waals surface area contributed by atoms with Gasteiger partial charge in [-0.05, 0) is 42.4 Å². The summed E-state index contributed by atoms with van der Waals surface area (Å²) in [6, 6.07) is 3.95. The minimum atomic E-state index is -0.879. The number of fused-ring (bicyclic) bond motifs is 1. The number of anilines is 3. The lowest BCUT2D eigenvalue weighted by molar-refractivity contribution is 0.155. The van der Waals surface area contributed by atoms with E-state index in [1.54, 1.807) is 11.3 Å². The van der Waals surface area contributed by atoms with Gasteiger partial charge in [0, 0.05) is 19.1 Å². The molecule has 1 aliphatic heterocycles. The molecule has 0 bridgehead atoms. The van der Waals surface area contributed by atoms with Crippen LogP contribution in [0.5, 0.6) is 0 Å². The minimum absolute atomic E-state index is 0.0507. The van der Waals surface area contributed by atoms with E-state index < -0.39 is 6.09 Å². The van der Waals surface area contributed by atoms with Crippen LogP contribution in [-0.4, -0.2) is 49.6 Å². The maximum Gasteiger partial charge on any atom is 0.407 e. The first kappa shape index (κ1) is 16.0. The Labute approximate surface area is 151 Å². The summed E-state index contributed by atoms with van der Waals surface area (Å²) in [6.07, 6.45) is -0.115. The zero-order valence-corrected chi connectivity index (χ0v) is 15.0. The average Bonchev–Trinajstić information content (AvgIpc) is 3.28. The summed E-state index contributed by atoms with van der Waals surface area (Å²) in [5.41, 5.74) is 1.81. The van der Waals surface area contributed by atoms with Gasteiger partial charge in [-0.1, -0.05) is 0 Å². The normalized spacial score (nSPS) is 17.2. The molecule has 0 radical (unpaired) electrons. The van der Waals surface area contributed by atoms with E-state index in [1.165, 1.54) is 16.4 Å². The van der Waals surface area contributed by atoms with E-state index in [-0.39, 0.29) is 6.04 Å². The summed E-state index contributed by atoms with van der Waals surface area (Å²) >= 11 is 2.93. The first-order valence-corrected chi connectivity index (χ1v) is 9.44. The standard InChI is InChI=1S/C15H16N6O2S2/c1-8-6-11(25-20-8)18-14-17-10-3-5-24-12(10)13(19-14)16-9-2-4-21(7-9)15(22)23/h3,5-6,9H,2,4,7H2,1H3,(H,22,23)(H2,16,17,18,19). The van der Waals surface area contributed by atoms with Gasteiger partial charge >= 0.3 is 6.09 Å². The molecule has 0 aliphatic carbocycles. The van der Waals surface area contributed by atoms with E-state index in [0.717, 1.165) is 33.2 Å². The summed E-state index contributed by atoms with van der Waals surface area (Å²) < 4.78 is 5.22. The fourth-order valence-electron chi connectivity index (χ4n) is 2.80. The Balaban J connectivity index is 1.59. The Hall–Kier alpha value is -2.46. The molecule has 3 N–H and O–H groups in total. The second-order valence-corrected chi connectivity index (χ2v) is 7.57. The van der Waals surface area contributed by atoms with E-state index in [2.05, 4.69) is 25.0 Å². The fraction of sp³-hybridized carbons (Fsp3) is 0.333. The quantitative estimate of drug-likeness (QED) is 0.641. The van der Waals surface area contributed by atoms with Gasteiger partial charge < -0.3 is 20.6 Å². The van der Waals surface area contributed by atoms with Crippen LogP contribution in [0.25, 0.3) is 10.2 Å². The molecule has 1 aliphatic rings. The zero-order chi connectivity index (χ0) is 17.4. The molecule has 0 spiro atoms. The second kappa shape index (κ2) is 6.45. The van der Waals surface area contributed by atoms with Crippen LogP contribution < -0.4 is 10.6 Å². The highest BCUT2D eigenvalue weighted by molar-refractivity contribution is 7.17. The first-order valence-electron chi connectivity index (χ1n) is 7.78. The van der Waals surface area contributed by atoms with Crippen LogP contribution in [0.4, 0.5) is 21.6 Å². The van der Waals surface area contributed by atoms with Crippen LogP contribution in [0, 0.1) is 6.92 Å². The van der Waals surface area contributed by atoms with Crippen LogP contribution >= 0.6 is 22.9 Å². The topological polar surface area (TPSA) is 103 Å².